The Labute approximate surface area is 75.6 Å². The number of nitrogens with two attached hydrogens (primary N) is 1. The minimum absolute atomic E-state index is 0.201. The number of aliphatic carboxylic acids is 1. The molecule has 0 aromatic carbocycles. The molecule has 0 bridgehead atoms. The van der Waals surface area contributed by atoms with Crippen LogP contribution in [0.3, 0.4) is 0 Å². The zero-order valence-corrected chi connectivity index (χ0v) is 7.57. The second-order valence-corrected chi connectivity index (χ2v) is 2.92. The summed E-state index contributed by atoms with van der Waals surface area (Å²) in [5, 5.41) is 8.47. The second kappa shape index (κ2) is 3.57. The number of aryl methyl sites for hydroxylation is 1. The fraction of sp³-hybridized carbons (Fsp3) is 0.500. The minimum atomic E-state index is -0.961. The van der Waals surface area contributed by atoms with Crippen LogP contribution < -0.4 is 5.73 Å². The van der Waals surface area contributed by atoms with Crippen LogP contribution in [0, 0.1) is 6.92 Å². The van der Waals surface area contributed by atoms with E-state index in [1.54, 1.807) is 13.8 Å². The molecule has 0 aliphatic rings. The number of nitrogens with zero attached hydrogens (tertiary/aromatic N) is 1. The van der Waals surface area contributed by atoms with Gasteiger partial charge in [0.05, 0.1) is 11.7 Å². The molecule has 1 unspecified atom stereocenters. The van der Waals surface area contributed by atoms with Gasteiger partial charge in [0.25, 0.3) is 0 Å². The van der Waals surface area contributed by atoms with Crippen LogP contribution in [-0.2, 0) is 11.2 Å². The minimum Gasteiger partial charge on any atom is -0.481 e. The lowest BCUT2D eigenvalue weighted by Crippen LogP contribution is -2.04. The number of aromatic nitrogens is 1. The van der Waals surface area contributed by atoms with Crippen LogP contribution >= 0.6 is 0 Å². The zero-order valence-electron chi connectivity index (χ0n) is 7.57. The molecule has 13 heavy (non-hydrogen) atoms. The van der Waals surface area contributed by atoms with E-state index < -0.39 is 5.97 Å². The van der Waals surface area contributed by atoms with Crippen molar-refractivity contribution in [2.24, 2.45) is 5.73 Å². The number of hydrogen-bond donors (Lipinski definition) is 2. The van der Waals surface area contributed by atoms with E-state index in [4.69, 9.17) is 15.3 Å². The Morgan fingerprint density at radius 2 is 2.38 bits per heavy atom. The van der Waals surface area contributed by atoms with Crippen molar-refractivity contribution >= 4 is 5.97 Å². The maximum absolute atomic E-state index is 10.3. The molecule has 0 saturated carbocycles. The molecule has 5 heteroatoms. The highest BCUT2D eigenvalue weighted by molar-refractivity contribution is 5.68. The van der Waals surface area contributed by atoms with E-state index in [1.165, 1.54) is 0 Å². The van der Waals surface area contributed by atoms with E-state index >= 15 is 0 Å². The summed E-state index contributed by atoms with van der Waals surface area (Å²) in [5.74, 6) is -0.203. The molecule has 1 atom stereocenters. The summed E-state index contributed by atoms with van der Waals surface area (Å²) in [7, 11) is 0. The van der Waals surface area contributed by atoms with Crippen molar-refractivity contribution in [2.75, 3.05) is 0 Å². The van der Waals surface area contributed by atoms with Gasteiger partial charge in [-0.1, -0.05) is 0 Å². The van der Waals surface area contributed by atoms with Gasteiger partial charge in [0.1, 0.15) is 12.2 Å². The average Bonchev–Trinajstić information content (AvgIpc) is 2.29. The fourth-order valence-corrected chi connectivity index (χ4v) is 1.09. The van der Waals surface area contributed by atoms with Crippen molar-refractivity contribution in [3.8, 4) is 0 Å². The van der Waals surface area contributed by atoms with Crippen molar-refractivity contribution in [3.63, 3.8) is 0 Å². The first-order valence-electron chi connectivity index (χ1n) is 3.94. The number of hydrogen-bond acceptors (Lipinski definition) is 4. The molecule has 72 valence electrons. The molecule has 0 radical (unpaired) electrons. The van der Waals surface area contributed by atoms with Crippen molar-refractivity contribution < 1.29 is 14.3 Å². The van der Waals surface area contributed by atoms with Crippen LogP contribution in [-0.4, -0.2) is 16.1 Å². The third kappa shape index (κ3) is 2.29. The standard InChI is InChI=1S/C8H12N2O3/c1-4(9)8-5(2)10-6(13-8)3-7(11)12/h4H,3,9H2,1-2H3,(H,11,12). The molecule has 0 aliphatic heterocycles. The van der Waals surface area contributed by atoms with Gasteiger partial charge in [-0.15, -0.1) is 0 Å². The van der Waals surface area contributed by atoms with E-state index in [0.717, 1.165) is 0 Å². The number of carboxylic acids is 1. The van der Waals surface area contributed by atoms with Gasteiger partial charge in [0, 0.05) is 0 Å². The largest absolute Gasteiger partial charge is 0.481 e. The molecule has 1 rings (SSSR count). The first-order chi connectivity index (χ1) is 6.00. The van der Waals surface area contributed by atoms with Gasteiger partial charge in [0.2, 0.25) is 5.89 Å². The molecular formula is C8H12N2O3. The quantitative estimate of drug-likeness (QED) is 0.719. The van der Waals surface area contributed by atoms with Crippen LogP contribution in [0.2, 0.25) is 0 Å². The highest BCUT2D eigenvalue weighted by Crippen LogP contribution is 2.16. The molecule has 1 aromatic heterocycles. The first kappa shape index (κ1) is 9.73. The average molecular weight is 184 g/mol. The number of carboxylic acid groups (broad SMARTS) is 1. The van der Waals surface area contributed by atoms with Crippen LogP contribution in [0.4, 0.5) is 0 Å². The van der Waals surface area contributed by atoms with Crippen molar-refractivity contribution in [2.45, 2.75) is 26.3 Å². The van der Waals surface area contributed by atoms with Gasteiger partial charge >= 0.3 is 5.97 Å². The molecular weight excluding hydrogens is 172 g/mol. The Kier molecular flexibility index (Phi) is 2.67. The first-order valence-corrected chi connectivity index (χ1v) is 3.94. The molecule has 1 heterocycles. The lowest BCUT2D eigenvalue weighted by atomic mass is 10.2. The number of rotatable bonds is 3. The molecule has 0 aliphatic carbocycles. The number of oxazole rings is 1. The fourth-order valence-electron chi connectivity index (χ4n) is 1.09. The van der Waals surface area contributed by atoms with Gasteiger partial charge < -0.3 is 15.3 Å². The van der Waals surface area contributed by atoms with Crippen molar-refractivity contribution in [1.29, 1.82) is 0 Å². The summed E-state index contributed by atoms with van der Waals surface area (Å²) in [6.07, 6.45) is -0.201. The van der Waals surface area contributed by atoms with E-state index in [1.807, 2.05) is 0 Å². The smallest absolute Gasteiger partial charge is 0.312 e. The van der Waals surface area contributed by atoms with Gasteiger partial charge in [-0.25, -0.2) is 4.98 Å². The predicted molar refractivity (Wildman–Crippen MR) is 45.2 cm³/mol. The highest BCUT2D eigenvalue weighted by Gasteiger charge is 2.14. The van der Waals surface area contributed by atoms with Crippen LogP contribution in [0.15, 0.2) is 4.42 Å². The summed E-state index contributed by atoms with van der Waals surface area (Å²) in [6.45, 7) is 3.51. The Balaban J connectivity index is 2.88. The Morgan fingerprint density at radius 3 is 2.77 bits per heavy atom. The maximum atomic E-state index is 10.3. The predicted octanol–water partition coefficient (Wildman–Crippen LogP) is 0.630. The molecule has 5 nitrogen and oxygen atoms in total. The summed E-state index contributed by atoms with van der Waals surface area (Å²) >= 11 is 0. The molecule has 0 amide bonds. The van der Waals surface area contributed by atoms with Crippen LogP contribution in [0.25, 0.3) is 0 Å². The van der Waals surface area contributed by atoms with E-state index in [-0.39, 0.29) is 18.4 Å². The lowest BCUT2D eigenvalue weighted by Gasteiger charge is -1.98. The Hall–Kier alpha value is -1.36. The molecule has 3 N–H and O–H groups in total. The monoisotopic (exact) mass is 184 g/mol. The molecule has 0 saturated heterocycles. The SMILES string of the molecule is Cc1nc(CC(=O)O)oc1C(C)N. The Bertz CT molecular complexity index is 317. The topological polar surface area (TPSA) is 89.3 Å². The third-order valence-corrected chi connectivity index (χ3v) is 1.59. The van der Waals surface area contributed by atoms with Crippen molar-refractivity contribution in [3.05, 3.63) is 17.3 Å². The summed E-state index contributed by atoms with van der Waals surface area (Å²) in [6, 6.07) is -0.255. The lowest BCUT2D eigenvalue weighted by molar-refractivity contribution is -0.136. The van der Waals surface area contributed by atoms with E-state index in [9.17, 15) is 4.79 Å². The second-order valence-electron chi connectivity index (χ2n) is 2.92. The van der Waals surface area contributed by atoms with E-state index in [2.05, 4.69) is 4.98 Å². The molecule has 0 spiro atoms. The summed E-state index contributed by atoms with van der Waals surface area (Å²) in [4.78, 5) is 14.3. The molecule has 0 fully saturated rings. The third-order valence-electron chi connectivity index (χ3n) is 1.59. The maximum Gasteiger partial charge on any atom is 0.312 e. The van der Waals surface area contributed by atoms with Crippen molar-refractivity contribution in [1.82, 2.24) is 4.98 Å². The Morgan fingerprint density at radius 1 is 1.77 bits per heavy atom. The van der Waals surface area contributed by atoms with Gasteiger partial charge in [-0.3, -0.25) is 4.79 Å². The van der Waals surface area contributed by atoms with Crippen LogP contribution in [0.5, 0.6) is 0 Å². The zero-order chi connectivity index (χ0) is 10.0. The van der Waals surface area contributed by atoms with E-state index in [0.29, 0.717) is 11.5 Å². The van der Waals surface area contributed by atoms with Gasteiger partial charge in [0.15, 0.2) is 0 Å². The van der Waals surface area contributed by atoms with Gasteiger partial charge in [-0.2, -0.15) is 0 Å². The highest BCUT2D eigenvalue weighted by atomic mass is 16.4. The van der Waals surface area contributed by atoms with Gasteiger partial charge in [-0.05, 0) is 13.8 Å². The summed E-state index contributed by atoms with van der Waals surface area (Å²) < 4.78 is 5.17. The normalized spacial score (nSPS) is 12.8. The number of carbonyl (C=O) groups is 1. The molecule has 1 aromatic rings. The summed E-state index contributed by atoms with van der Waals surface area (Å²) in [5.41, 5.74) is 6.24. The van der Waals surface area contributed by atoms with Crippen LogP contribution in [0.1, 0.15) is 30.3 Å².